The molecular weight excluding hydrogens is 417 g/mol. The second-order valence-corrected chi connectivity index (χ2v) is 6.29. The highest BCUT2D eigenvalue weighted by Crippen LogP contribution is 2.39. The number of alkyl halides is 3. The SMILES string of the molecule is Nc1ccc2c(ccn2Cc2nnc(-c3ccc(Br)o3)o2)c1C(F)(F)F. The first-order valence-corrected chi connectivity index (χ1v) is 8.15. The van der Waals surface area contributed by atoms with Gasteiger partial charge in [-0.3, -0.25) is 0 Å². The van der Waals surface area contributed by atoms with Gasteiger partial charge in [0.1, 0.15) is 6.54 Å². The van der Waals surface area contributed by atoms with Gasteiger partial charge in [0, 0.05) is 22.8 Å². The molecule has 0 spiro atoms. The Morgan fingerprint density at radius 1 is 1.08 bits per heavy atom. The molecule has 0 unspecified atom stereocenters. The Labute approximate surface area is 152 Å². The molecule has 0 bridgehead atoms. The molecule has 3 heterocycles. The number of hydrogen-bond acceptors (Lipinski definition) is 5. The fourth-order valence-corrected chi connectivity index (χ4v) is 3.04. The third-order valence-corrected chi connectivity index (χ3v) is 4.25. The van der Waals surface area contributed by atoms with Gasteiger partial charge in [0.15, 0.2) is 10.4 Å². The minimum absolute atomic E-state index is 0.0206. The third-order valence-electron chi connectivity index (χ3n) is 3.83. The smallest absolute Gasteiger partial charge is 0.419 e. The van der Waals surface area contributed by atoms with E-state index in [-0.39, 0.29) is 29.4 Å². The molecular formula is C16H10BrF3N4O2. The summed E-state index contributed by atoms with van der Waals surface area (Å²) in [6.45, 7) is 0.111. The van der Waals surface area contributed by atoms with Crippen molar-refractivity contribution in [3.05, 3.63) is 52.7 Å². The van der Waals surface area contributed by atoms with Gasteiger partial charge in [-0.25, -0.2) is 0 Å². The Morgan fingerprint density at radius 3 is 2.58 bits per heavy atom. The molecule has 0 atom stereocenters. The van der Waals surface area contributed by atoms with Crippen molar-refractivity contribution < 1.29 is 22.0 Å². The van der Waals surface area contributed by atoms with Crippen molar-refractivity contribution in [2.45, 2.75) is 12.7 Å². The molecule has 1 aromatic carbocycles. The Kier molecular flexibility index (Phi) is 3.79. The van der Waals surface area contributed by atoms with E-state index in [1.807, 2.05) is 0 Å². The van der Waals surface area contributed by atoms with E-state index in [1.54, 1.807) is 16.7 Å². The van der Waals surface area contributed by atoms with Crippen molar-refractivity contribution in [1.82, 2.24) is 14.8 Å². The minimum atomic E-state index is -4.54. The van der Waals surface area contributed by atoms with Crippen LogP contribution < -0.4 is 5.73 Å². The van der Waals surface area contributed by atoms with Crippen LogP contribution in [0.1, 0.15) is 11.5 Å². The predicted octanol–water partition coefficient (Wildman–Crippen LogP) is 4.70. The lowest BCUT2D eigenvalue weighted by atomic mass is 10.1. The van der Waals surface area contributed by atoms with Crippen LogP contribution >= 0.6 is 15.9 Å². The van der Waals surface area contributed by atoms with Gasteiger partial charge in [-0.2, -0.15) is 13.2 Å². The zero-order valence-electron chi connectivity index (χ0n) is 12.9. The molecule has 4 aromatic rings. The molecule has 10 heteroatoms. The van der Waals surface area contributed by atoms with Crippen molar-refractivity contribution in [3.8, 4) is 11.7 Å². The molecule has 4 rings (SSSR count). The lowest BCUT2D eigenvalue weighted by Gasteiger charge is -2.12. The number of hydrogen-bond donors (Lipinski definition) is 1. The van der Waals surface area contributed by atoms with Crippen molar-refractivity contribution in [2.75, 3.05) is 5.73 Å². The quantitative estimate of drug-likeness (QED) is 0.480. The van der Waals surface area contributed by atoms with Crippen molar-refractivity contribution in [2.24, 2.45) is 0 Å². The fourth-order valence-electron chi connectivity index (χ4n) is 2.74. The number of nitrogens with two attached hydrogens (primary N) is 1. The summed E-state index contributed by atoms with van der Waals surface area (Å²) < 4.78 is 52.7. The normalized spacial score (nSPS) is 12.2. The Hall–Kier alpha value is -2.75. The Morgan fingerprint density at radius 2 is 1.88 bits per heavy atom. The fraction of sp³-hybridized carbons (Fsp3) is 0.125. The minimum Gasteiger partial charge on any atom is -0.444 e. The lowest BCUT2D eigenvalue weighted by molar-refractivity contribution is -0.135. The molecule has 0 saturated carbocycles. The summed E-state index contributed by atoms with van der Waals surface area (Å²) in [6, 6.07) is 7.48. The van der Waals surface area contributed by atoms with Gasteiger partial charge in [0.25, 0.3) is 5.89 Å². The van der Waals surface area contributed by atoms with Gasteiger partial charge in [-0.1, -0.05) is 0 Å². The number of anilines is 1. The van der Waals surface area contributed by atoms with E-state index in [1.165, 1.54) is 24.4 Å². The Bertz CT molecular complexity index is 1100. The van der Waals surface area contributed by atoms with Gasteiger partial charge in [0.2, 0.25) is 5.89 Å². The maximum absolute atomic E-state index is 13.3. The number of halogens is 4. The molecule has 0 aliphatic rings. The summed E-state index contributed by atoms with van der Waals surface area (Å²) in [5.41, 5.74) is 4.73. The number of rotatable bonds is 3. The first-order valence-electron chi connectivity index (χ1n) is 7.35. The maximum atomic E-state index is 13.3. The zero-order valence-corrected chi connectivity index (χ0v) is 14.5. The molecule has 0 aliphatic heterocycles. The summed E-state index contributed by atoms with van der Waals surface area (Å²) in [7, 11) is 0. The first-order chi connectivity index (χ1) is 12.3. The van der Waals surface area contributed by atoms with Crippen molar-refractivity contribution >= 4 is 32.5 Å². The predicted molar refractivity (Wildman–Crippen MR) is 90.2 cm³/mol. The largest absolute Gasteiger partial charge is 0.444 e. The highest BCUT2D eigenvalue weighted by Gasteiger charge is 2.35. The molecule has 6 nitrogen and oxygen atoms in total. The lowest BCUT2D eigenvalue weighted by Crippen LogP contribution is -2.09. The summed E-state index contributed by atoms with van der Waals surface area (Å²) >= 11 is 3.18. The topological polar surface area (TPSA) is 83.0 Å². The monoisotopic (exact) mass is 426 g/mol. The molecule has 0 radical (unpaired) electrons. The first kappa shape index (κ1) is 16.7. The van der Waals surface area contributed by atoms with E-state index in [0.717, 1.165) is 0 Å². The summed E-state index contributed by atoms with van der Waals surface area (Å²) in [4.78, 5) is 0. The van der Waals surface area contributed by atoms with Gasteiger partial charge in [-0.05, 0) is 46.3 Å². The van der Waals surface area contributed by atoms with Gasteiger partial charge in [-0.15, -0.1) is 10.2 Å². The highest BCUT2D eigenvalue weighted by atomic mass is 79.9. The number of benzene rings is 1. The van der Waals surface area contributed by atoms with Crippen LogP contribution in [-0.2, 0) is 12.7 Å². The molecule has 0 fully saturated rings. The molecule has 0 aliphatic carbocycles. The maximum Gasteiger partial charge on any atom is 0.419 e. The molecule has 3 aromatic heterocycles. The van der Waals surface area contributed by atoms with Crippen molar-refractivity contribution in [1.29, 1.82) is 0 Å². The van der Waals surface area contributed by atoms with Crippen LogP contribution in [0, 0.1) is 0 Å². The van der Waals surface area contributed by atoms with Crippen LogP contribution in [0.25, 0.3) is 22.6 Å². The molecule has 0 amide bonds. The van der Waals surface area contributed by atoms with E-state index in [2.05, 4.69) is 26.1 Å². The van der Waals surface area contributed by atoms with Gasteiger partial charge in [0.05, 0.1) is 5.56 Å². The second kappa shape index (κ2) is 5.90. The van der Waals surface area contributed by atoms with Crippen molar-refractivity contribution in [3.63, 3.8) is 0 Å². The van der Waals surface area contributed by atoms with Crippen LogP contribution in [0.3, 0.4) is 0 Å². The summed E-state index contributed by atoms with van der Waals surface area (Å²) in [6.07, 6.45) is -3.02. The number of fused-ring (bicyclic) bond motifs is 1. The number of furan rings is 1. The van der Waals surface area contributed by atoms with Crippen LogP contribution in [0.5, 0.6) is 0 Å². The summed E-state index contributed by atoms with van der Waals surface area (Å²) in [5.74, 6) is 0.804. The zero-order chi connectivity index (χ0) is 18.5. The molecule has 2 N–H and O–H groups in total. The van der Waals surface area contributed by atoms with E-state index in [9.17, 15) is 13.2 Å². The summed E-state index contributed by atoms with van der Waals surface area (Å²) in [5, 5.41) is 7.82. The number of nitrogens with zero attached hydrogens (tertiary/aromatic N) is 3. The van der Waals surface area contributed by atoms with Crippen LogP contribution in [0.15, 0.2) is 50.0 Å². The molecule has 134 valence electrons. The van der Waals surface area contributed by atoms with Gasteiger partial charge >= 0.3 is 6.18 Å². The second-order valence-electron chi connectivity index (χ2n) is 5.51. The van der Waals surface area contributed by atoms with Crippen LogP contribution in [0.2, 0.25) is 0 Å². The third kappa shape index (κ3) is 2.85. The average Bonchev–Trinajstić information content (AvgIpc) is 3.27. The number of aromatic nitrogens is 3. The molecule has 26 heavy (non-hydrogen) atoms. The van der Waals surface area contributed by atoms with E-state index < -0.39 is 11.7 Å². The van der Waals surface area contributed by atoms with E-state index in [4.69, 9.17) is 14.6 Å². The Balaban J connectivity index is 1.70. The molecule has 0 saturated heterocycles. The number of nitrogen functional groups attached to an aromatic ring is 1. The van der Waals surface area contributed by atoms with Gasteiger partial charge < -0.3 is 19.1 Å². The van der Waals surface area contributed by atoms with E-state index in [0.29, 0.717) is 15.9 Å². The van der Waals surface area contributed by atoms with E-state index >= 15 is 0 Å². The van der Waals surface area contributed by atoms with Crippen LogP contribution in [0.4, 0.5) is 18.9 Å². The highest BCUT2D eigenvalue weighted by molar-refractivity contribution is 9.10. The van der Waals surface area contributed by atoms with Crippen LogP contribution in [-0.4, -0.2) is 14.8 Å². The average molecular weight is 427 g/mol. The standard InChI is InChI=1S/C16H10BrF3N4O2/c17-12-4-3-11(25-12)15-23-22-13(26-15)7-24-6-5-8-10(24)2-1-9(21)14(8)16(18,19)20/h1-6H,7,21H2.